The van der Waals surface area contributed by atoms with Gasteiger partial charge in [0.05, 0.1) is 18.3 Å². The quantitative estimate of drug-likeness (QED) is 0.765. The second kappa shape index (κ2) is 7.79. The van der Waals surface area contributed by atoms with Crippen molar-refractivity contribution < 1.29 is 31.4 Å². The third-order valence-electron chi connectivity index (χ3n) is 5.02. The second-order valence-electron chi connectivity index (χ2n) is 6.81. The number of ether oxygens (including phenoxy) is 1. The maximum atomic E-state index is 13.0. The normalized spacial score (nSPS) is 17.9. The van der Waals surface area contributed by atoms with Crippen molar-refractivity contribution in [2.75, 3.05) is 20.2 Å². The molecule has 0 amide bonds. The van der Waals surface area contributed by atoms with E-state index in [0.29, 0.717) is 0 Å². The fourth-order valence-corrected chi connectivity index (χ4v) is 5.22. The van der Waals surface area contributed by atoms with Crippen molar-refractivity contribution >= 4 is 21.6 Å². The van der Waals surface area contributed by atoms with Crippen LogP contribution in [0.3, 0.4) is 0 Å². The summed E-state index contributed by atoms with van der Waals surface area (Å²) in [5, 5.41) is 11.1. The molecule has 1 fully saturated rings. The molecular formula is C19H19ClF3NO4S. The molecule has 3 rings (SSSR count). The first-order valence-electron chi connectivity index (χ1n) is 8.71. The van der Waals surface area contributed by atoms with Gasteiger partial charge in [-0.15, -0.1) is 0 Å². The summed E-state index contributed by atoms with van der Waals surface area (Å²) >= 11 is 5.93. The number of hydrogen-bond acceptors (Lipinski definition) is 4. The fourth-order valence-electron chi connectivity index (χ4n) is 3.36. The van der Waals surface area contributed by atoms with Gasteiger partial charge in [-0.1, -0.05) is 23.7 Å². The number of sulfonamides is 1. The van der Waals surface area contributed by atoms with E-state index in [1.54, 1.807) is 0 Å². The Bertz CT molecular complexity index is 1000. The van der Waals surface area contributed by atoms with Crippen LogP contribution in [0.4, 0.5) is 13.2 Å². The Morgan fingerprint density at radius 2 is 1.79 bits per heavy atom. The highest BCUT2D eigenvalue weighted by molar-refractivity contribution is 7.89. The maximum absolute atomic E-state index is 13.0. The number of halogens is 4. The molecule has 1 aliphatic rings. The zero-order valence-corrected chi connectivity index (χ0v) is 17.0. The molecule has 1 N–H and O–H groups in total. The number of alkyl halides is 3. The fraction of sp³-hybridized carbons (Fsp3) is 0.368. The van der Waals surface area contributed by atoms with Gasteiger partial charge in [-0.3, -0.25) is 0 Å². The van der Waals surface area contributed by atoms with E-state index in [2.05, 4.69) is 0 Å². The molecule has 0 spiro atoms. The molecule has 29 heavy (non-hydrogen) atoms. The van der Waals surface area contributed by atoms with Gasteiger partial charge in [-0.05, 0) is 48.7 Å². The first-order valence-corrected chi connectivity index (χ1v) is 10.5. The minimum Gasteiger partial charge on any atom is -0.495 e. The molecule has 0 radical (unpaired) electrons. The largest absolute Gasteiger partial charge is 0.495 e. The minimum absolute atomic E-state index is 0.0452. The lowest BCUT2D eigenvalue weighted by Gasteiger charge is -2.38. The topological polar surface area (TPSA) is 66.8 Å². The second-order valence-corrected chi connectivity index (χ2v) is 9.15. The van der Waals surface area contributed by atoms with Crippen molar-refractivity contribution in [2.45, 2.75) is 29.5 Å². The summed E-state index contributed by atoms with van der Waals surface area (Å²) < 4.78 is 71.2. The lowest BCUT2D eigenvalue weighted by Crippen LogP contribution is -2.45. The smallest absolute Gasteiger partial charge is 0.416 e. The molecular weight excluding hydrogens is 431 g/mol. The molecule has 0 saturated carbocycles. The summed E-state index contributed by atoms with van der Waals surface area (Å²) in [5.74, 6) is 0.133. The molecule has 0 aliphatic carbocycles. The van der Waals surface area contributed by atoms with E-state index in [1.165, 1.54) is 41.7 Å². The number of nitrogens with zero attached hydrogens (tertiary/aromatic N) is 1. The molecule has 0 atom stereocenters. The first kappa shape index (κ1) is 21.9. The SMILES string of the molecule is COc1ccc(Cl)cc1S(=O)(=O)N1CCC(O)(c2cccc(C(F)(F)F)c2)CC1. The Balaban J connectivity index is 1.84. The van der Waals surface area contributed by atoms with Crippen molar-refractivity contribution in [1.82, 2.24) is 4.31 Å². The Morgan fingerprint density at radius 1 is 1.14 bits per heavy atom. The van der Waals surface area contributed by atoms with Crippen LogP contribution in [0.2, 0.25) is 5.02 Å². The average molecular weight is 450 g/mol. The molecule has 1 saturated heterocycles. The van der Waals surface area contributed by atoms with Crippen LogP contribution in [0, 0.1) is 0 Å². The third kappa shape index (κ3) is 4.37. The van der Waals surface area contributed by atoms with Crippen LogP contribution in [-0.4, -0.2) is 38.0 Å². The highest BCUT2D eigenvalue weighted by Crippen LogP contribution is 2.39. The van der Waals surface area contributed by atoms with Crippen LogP contribution in [0.15, 0.2) is 47.4 Å². The van der Waals surface area contributed by atoms with Gasteiger partial charge in [0, 0.05) is 18.1 Å². The van der Waals surface area contributed by atoms with Crippen LogP contribution in [0.1, 0.15) is 24.0 Å². The van der Waals surface area contributed by atoms with Gasteiger partial charge < -0.3 is 9.84 Å². The Kier molecular flexibility index (Phi) is 5.88. The molecule has 0 bridgehead atoms. The number of benzene rings is 2. The monoisotopic (exact) mass is 449 g/mol. The molecule has 158 valence electrons. The van der Waals surface area contributed by atoms with E-state index in [9.17, 15) is 26.7 Å². The molecule has 1 aliphatic heterocycles. The van der Waals surface area contributed by atoms with Crippen molar-refractivity contribution in [3.05, 3.63) is 58.6 Å². The van der Waals surface area contributed by atoms with Gasteiger partial charge in [0.1, 0.15) is 10.6 Å². The number of hydrogen-bond donors (Lipinski definition) is 1. The molecule has 10 heteroatoms. The van der Waals surface area contributed by atoms with E-state index in [4.69, 9.17) is 16.3 Å². The molecule has 5 nitrogen and oxygen atoms in total. The Labute approximate surface area is 171 Å². The lowest BCUT2D eigenvalue weighted by molar-refractivity contribution is -0.137. The average Bonchev–Trinajstić information content (AvgIpc) is 2.68. The standard InChI is InChI=1S/C19H19ClF3NO4S/c1-28-16-6-5-15(20)12-17(16)29(26,27)24-9-7-18(25,8-10-24)13-3-2-4-14(11-13)19(21,22)23/h2-6,11-12,25H,7-10H2,1H3. The van der Waals surface area contributed by atoms with Crippen molar-refractivity contribution in [2.24, 2.45) is 0 Å². The zero-order valence-electron chi connectivity index (χ0n) is 15.4. The van der Waals surface area contributed by atoms with Gasteiger partial charge in [0.15, 0.2) is 0 Å². The minimum atomic E-state index is -4.53. The summed E-state index contributed by atoms with van der Waals surface area (Å²) in [4.78, 5) is -0.1000. The van der Waals surface area contributed by atoms with Crippen molar-refractivity contribution in [1.29, 1.82) is 0 Å². The summed E-state index contributed by atoms with van der Waals surface area (Å²) in [5.41, 5.74) is -2.29. The number of methoxy groups -OCH3 is 1. The van der Waals surface area contributed by atoms with Gasteiger partial charge in [0.2, 0.25) is 10.0 Å². The number of aliphatic hydroxyl groups is 1. The summed E-state index contributed by atoms with van der Waals surface area (Å²) in [7, 11) is -2.62. The van der Waals surface area contributed by atoms with Crippen molar-refractivity contribution in [3.63, 3.8) is 0 Å². The van der Waals surface area contributed by atoms with Gasteiger partial charge in [-0.2, -0.15) is 17.5 Å². The Morgan fingerprint density at radius 3 is 2.38 bits per heavy atom. The van der Waals surface area contributed by atoms with Crippen LogP contribution >= 0.6 is 11.6 Å². The lowest BCUT2D eigenvalue weighted by atomic mass is 9.84. The van der Waals surface area contributed by atoms with Crippen molar-refractivity contribution in [3.8, 4) is 5.75 Å². The van der Waals surface area contributed by atoms with Gasteiger partial charge in [-0.25, -0.2) is 8.42 Å². The maximum Gasteiger partial charge on any atom is 0.416 e. The summed E-state index contributed by atoms with van der Waals surface area (Å²) in [6, 6.07) is 8.71. The molecule has 1 heterocycles. The molecule has 0 aromatic heterocycles. The van der Waals surface area contributed by atoms with Gasteiger partial charge in [0.25, 0.3) is 0 Å². The van der Waals surface area contributed by atoms with Crippen LogP contribution in [0.25, 0.3) is 0 Å². The molecule has 2 aromatic rings. The summed E-state index contributed by atoms with van der Waals surface area (Å²) in [6.45, 7) is -0.129. The Hall–Kier alpha value is -1.81. The van der Waals surface area contributed by atoms with E-state index < -0.39 is 27.4 Å². The third-order valence-corrected chi connectivity index (χ3v) is 7.18. The number of piperidine rings is 1. The highest BCUT2D eigenvalue weighted by atomic mass is 35.5. The first-order chi connectivity index (χ1) is 13.5. The summed E-state index contributed by atoms with van der Waals surface area (Å²) in [6.07, 6.45) is -4.62. The zero-order chi connectivity index (χ0) is 21.4. The highest BCUT2D eigenvalue weighted by Gasteiger charge is 2.40. The van der Waals surface area contributed by atoms with E-state index in [1.807, 2.05) is 0 Å². The van der Waals surface area contributed by atoms with Crippen LogP contribution in [0.5, 0.6) is 5.75 Å². The van der Waals surface area contributed by atoms with Gasteiger partial charge >= 0.3 is 6.18 Å². The van der Waals surface area contributed by atoms with E-state index in [0.717, 1.165) is 12.1 Å². The van der Waals surface area contributed by atoms with Crippen LogP contribution < -0.4 is 4.74 Å². The van der Waals surface area contributed by atoms with E-state index in [-0.39, 0.29) is 47.2 Å². The predicted molar refractivity (Wildman–Crippen MR) is 101 cm³/mol. The van der Waals surface area contributed by atoms with Crippen LogP contribution in [-0.2, 0) is 21.8 Å². The van der Waals surface area contributed by atoms with E-state index >= 15 is 0 Å². The molecule has 0 unspecified atom stereocenters. The molecule has 2 aromatic carbocycles. The number of rotatable bonds is 4. The predicted octanol–water partition coefficient (Wildman–Crippen LogP) is 4.04.